The van der Waals surface area contributed by atoms with Gasteiger partial charge in [0.25, 0.3) is 0 Å². The Balaban J connectivity index is 2.43. The van der Waals surface area contributed by atoms with Gasteiger partial charge in [0.2, 0.25) is 5.91 Å². The van der Waals surface area contributed by atoms with Gasteiger partial charge in [0, 0.05) is 31.7 Å². The van der Waals surface area contributed by atoms with Gasteiger partial charge in [-0.1, -0.05) is 20.8 Å². The van der Waals surface area contributed by atoms with Crippen molar-refractivity contribution in [3.63, 3.8) is 0 Å². The smallest absolute Gasteiger partial charge is 0.234 e. The van der Waals surface area contributed by atoms with Crippen molar-refractivity contribution < 1.29 is 4.79 Å². The standard InChI is InChI=1S/C13H27N3O/c1-4-7-14-13(17)10-16-9-11(5-2)15-8-12(16)6-3/h11-12,15H,4-10H2,1-3H3,(H,14,17). The highest BCUT2D eigenvalue weighted by Gasteiger charge is 2.26. The summed E-state index contributed by atoms with van der Waals surface area (Å²) in [5, 5.41) is 6.50. The van der Waals surface area contributed by atoms with E-state index in [1.807, 2.05) is 0 Å². The maximum Gasteiger partial charge on any atom is 0.234 e. The number of rotatable bonds is 6. The molecule has 2 atom stereocenters. The van der Waals surface area contributed by atoms with Crippen LogP contribution in [-0.2, 0) is 4.79 Å². The van der Waals surface area contributed by atoms with E-state index < -0.39 is 0 Å². The quantitative estimate of drug-likeness (QED) is 0.728. The van der Waals surface area contributed by atoms with Gasteiger partial charge >= 0.3 is 0 Å². The van der Waals surface area contributed by atoms with Gasteiger partial charge < -0.3 is 10.6 Å². The molecule has 1 amide bonds. The molecule has 1 saturated heterocycles. The topological polar surface area (TPSA) is 44.4 Å². The van der Waals surface area contributed by atoms with Crippen molar-refractivity contribution in [1.29, 1.82) is 0 Å². The summed E-state index contributed by atoms with van der Waals surface area (Å²) in [5.74, 6) is 0.169. The average Bonchev–Trinajstić information content (AvgIpc) is 2.36. The molecular weight excluding hydrogens is 214 g/mol. The molecule has 0 aromatic heterocycles. The van der Waals surface area contributed by atoms with Crippen molar-refractivity contribution in [1.82, 2.24) is 15.5 Å². The number of carbonyl (C=O) groups is 1. The number of nitrogens with one attached hydrogen (secondary N) is 2. The van der Waals surface area contributed by atoms with Gasteiger partial charge in [-0.05, 0) is 19.3 Å². The summed E-state index contributed by atoms with van der Waals surface area (Å²) < 4.78 is 0. The van der Waals surface area contributed by atoms with E-state index in [1.54, 1.807) is 0 Å². The fraction of sp³-hybridized carbons (Fsp3) is 0.923. The largest absolute Gasteiger partial charge is 0.355 e. The second-order valence-electron chi connectivity index (χ2n) is 4.85. The monoisotopic (exact) mass is 241 g/mol. The first-order valence-electron chi connectivity index (χ1n) is 6.95. The van der Waals surface area contributed by atoms with Crippen molar-refractivity contribution in [2.24, 2.45) is 0 Å². The number of hydrogen-bond acceptors (Lipinski definition) is 3. The van der Waals surface area contributed by atoms with Crippen LogP contribution in [0.3, 0.4) is 0 Å². The van der Waals surface area contributed by atoms with Crippen LogP contribution in [0.15, 0.2) is 0 Å². The lowest BCUT2D eigenvalue weighted by atomic mass is 10.1. The van der Waals surface area contributed by atoms with Crippen LogP contribution >= 0.6 is 0 Å². The van der Waals surface area contributed by atoms with Crippen molar-refractivity contribution >= 4 is 5.91 Å². The van der Waals surface area contributed by atoms with E-state index in [9.17, 15) is 4.79 Å². The normalized spacial score (nSPS) is 25.8. The third kappa shape index (κ3) is 4.64. The molecule has 0 bridgehead atoms. The average molecular weight is 241 g/mol. The van der Waals surface area contributed by atoms with E-state index in [0.29, 0.717) is 18.6 Å². The van der Waals surface area contributed by atoms with Crippen LogP contribution in [0.25, 0.3) is 0 Å². The zero-order valence-electron chi connectivity index (χ0n) is 11.5. The molecule has 0 spiro atoms. The Kier molecular flexibility index (Phi) is 6.52. The SMILES string of the molecule is CCCNC(=O)CN1CC(CC)NCC1CC. The van der Waals surface area contributed by atoms with E-state index in [1.165, 1.54) is 0 Å². The zero-order valence-corrected chi connectivity index (χ0v) is 11.5. The molecule has 0 aliphatic carbocycles. The highest BCUT2D eigenvalue weighted by Crippen LogP contribution is 2.11. The van der Waals surface area contributed by atoms with E-state index in [4.69, 9.17) is 0 Å². The molecule has 17 heavy (non-hydrogen) atoms. The van der Waals surface area contributed by atoms with Crippen molar-refractivity contribution in [2.75, 3.05) is 26.2 Å². The van der Waals surface area contributed by atoms with Gasteiger partial charge in [0.15, 0.2) is 0 Å². The maximum absolute atomic E-state index is 11.8. The van der Waals surface area contributed by atoms with Gasteiger partial charge in [0.1, 0.15) is 0 Å². The lowest BCUT2D eigenvalue weighted by Gasteiger charge is -2.39. The summed E-state index contributed by atoms with van der Waals surface area (Å²) in [7, 11) is 0. The van der Waals surface area contributed by atoms with Crippen LogP contribution < -0.4 is 10.6 Å². The molecule has 100 valence electrons. The van der Waals surface area contributed by atoms with Gasteiger partial charge in [-0.3, -0.25) is 9.69 Å². The predicted octanol–water partition coefficient (Wildman–Crippen LogP) is 0.975. The van der Waals surface area contributed by atoms with Crippen molar-refractivity contribution in [3.05, 3.63) is 0 Å². The zero-order chi connectivity index (χ0) is 12.7. The molecule has 2 N–H and O–H groups in total. The van der Waals surface area contributed by atoms with Gasteiger partial charge in [-0.25, -0.2) is 0 Å². The second-order valence-corrected chi connectivity index (χ2v) is 4.85. The van der Waals surface area contributed by atoms with Crippen molar-refractivity contribution in [2.45, 2.75) is 52.1 Å². The lowest BCUT2D eigenvalue weighted by Crippen LogP contribution is -2.58. The van der Waals surface area contributed by atoms with Crippen LogP contribution in [0.2, 0.25) is 0 Å². The minimum Gasteiger partial charge on any atom is -0.355 e. The molecule has 1 aliphatic heterocycles. The van der Waals surface area contributed by atoms with Crippen molar-refractivity contribution in [3.8, 4) is 0 Å². The minimum atomic E-state index is 0.169. The Morgan fingerprint density at radius 1 is 1.35 bits per heavy atom. The number of amides is 1. The Bertz CT molecular complexity index is 233. The van der Waals surface area contributed by atoms with E-state index in [0.717, 1.165) is 38.9 Å². The summed E-state index contributed by atoms with van der Waals surface area (Å²) in [4.78, 5) is 14.1. The maximum atomic E-state index is 11.8. The second kappa shape index (κ2) is 7.67. The molecule has 1 rings (SSSR count). The molecule has 1 heterocycles. The van der Waals surface area contributed by atoms with E-state index in [-0.39, 0.29) is 5.91 Å². The predicted molar refractivity (Wildman–Crippen MR) is 71.0 cm³/mol. The van der Waals surface area contributed by atoms with Crippen LogP contribution in [0.4, 0.5) is 0 Å². The molecule has 2 unspecified atom stereocenters. The molecular formula is C13H27N3O. The van der Waals surface area contributed by atoms with E-state index >= 15 is 0 Å². The van der Waals surface area contributed by atoms with Crippen LogP contribution in [0.5, 0.6) is 0 Å². The van der Waals surface area contributed by atoms with Gasteiger partial charge in [-0.15, -0.1) is 0 Å². The van der Waals surface area contributed by atoms with E-state index in [2.05, 4.69) is 36.3 Å². The molecule has 1 aliphatic rings. The Morgan fingerprint density at radius 3 is 2.71 bits per heavy atom. The third-order valence-electron chi connectivity index (χ3n) is 3.50. The first kappa shape index (κ1) is 14.5. The molecule has 0 aromatic carbocycles. The third-order valence-corrected chi connectivity index (χ3v) is 3.50. The van der Waals surface area contributed by atoms with Gasteiger partial charge in [-0.2, -0.15) is 0 Å². The highest BCUT2D eigenvalue weighted by molar-refractivity contribution is 5.78. The van der Waals surface area contributed by atoms with Gasteiger partial charge in [0.05, 0.1) is 6.54 Å². The first-order chi connectivity index (χ1) is 8.21. The Hall–Kier alpha value is -0.610. The fourth-order valence-electron chi connectivity index (χ4n) is 2.30. The summed E-state index contributed by atoms with van der Waals surface area (Å²) in [6, 6.07) is 1.04. The molecule has 4 heteroatoms. The first-order valence-corrected chi connectivity index (χ1v) is 6.95. The molecule has 0 radical (unpaired) electrons. The highest BCUT2D eigenvalue weighted by atomic mass is 16.2. The summed E-state index contributed by atoms with van der Waals surface area (Å²) in [6.45, 7) is 9.81. The molecule has 1 fully saturated rings. The van der Waals surface area contributed by atoms with Crippen LogP contribution in [-0.4, -0.2) is 49.1 Å². The Labute approximate surface area is 105 Å². The number of hydrogen-bond donors (Lipinski definition) is 2. The molecule has 0 saturated carbocycles. The molecule has 4 nitrogen and oxygen atoms in total. The summed E-state index contributed by atoms with van der Waals surface area (Å²) in [6.07, 6.45) is 3.23. The fourth-order valence-corrected chi connectivity index (χ4v) is 2.30. The van der Waals surface area contributed by atoms with Crippen LogP contribution in [0, 0.1) is 0 Å². The summed E-state index contributed by atoms with van der Waals surface area (Å²) >= 11 is 0. The lowest BCUT2D eigenvalue weighted by molar-refractivity contribution is -0.123. The number of piperazine rings is 1. The summed E-state index contributed by atoms with van der Waals surface area (Å²) in [5.41, 5.74) is 0. The number of carbonyl (C=O) groups excluding carboxylic acids is 1. The molecule has 0 aromatic rings. The Morgan fingerprint density at radius 2 is 2.12 bits per heavy atom. The minimum absolute atomic E-state index is 0.169. The number of nitrogens with zero attached hydrogens (tertiary/aromatic N) is 1. The van der Waals surface area contributed by atoms with Crippen LogP contribution in [0.1, 0.15) is 40.0 Å².